The highest BCUT2D eigenvalue weighted by Gasteiger charge is 2.11. The lowest BCUT2D eigenvalue weighted by atomic mass is 10.0. The van der Waals surface area contributed by atoms with Crippen molar-refractivity contribution in [2.24, 2.45) is 5.73 Å². The van der Waals surface area contributed by atoms with Gasteiger partial charge < -0.3 is 5.73 Å². The summed E-state index contributed by atoms with van der Waals surface area (Å²) in [6.45, 7) is 4.30. The zero-order chi connectivity index (χ0) is 10.8. The molecule has 0 amide bonds. The number of Topliss-reactive ketones (excluding diaryl/α,β-unsaturated/α-hetero) is 1. The van der Waals surface area contributed by atoms with Gasteiger partial charge in [-0.3, -0.25) is 4.79 Å². The maximum absolute atomic E-state index is 11.5. The van der Waals surface area contributed by atoms with Gasteiger partial charge in [-0.15, -0.1) is 0 Å². The minimum absolute atomic E-state index is 0.198. The highest BCUT2D eigenvalue weighted by atomic mass is 16.1. The van der Waals surface area contributed by atoms with Gasteiger partial charge in [0.1, 0.15) is 5.78 Å². The van der Waals surface area contributed by atoms with Crippen LogP contribution >= 0.6 is 0 Å². The summed E-state index contributed by atoms with van der Waals surface area (Å²) < 4.78 is 0. The van der Waals surface area contributed by atoms with Gasteiger partial charge in [0.15, 0.2) is 0 Å². The molecule has 0 heterocycles. The molecule has 0 saturated heterocycles. The Labute approximate surface area is 88.3 Å². The van der Waals surface area contributed by atoms with Crippen LogP contribution in [0.15, 0.2) is 0 Å². The Morgan fingerprint density at radius 3 is 2.29 bits per heavy atom. The van der Waals surface area contributed by atoms with Crippen LogP contribution in [-0.2, 0) is 4.79 Å². The Morgan fingerprint density at radius 1 is 1.07 bits per heavy atom. The van der Waals surface area contributed by atoms with Crippen LogP contribution in [0.25, 0.3) is 0 Å². The molecule has 0 radical (unpaired) electrons. The van der Waals surface area contributed by atoms with Crippen LogP contribution in [0.5, 0.6) is 0 Å². The molecule has 0 aromatic heterocycles. The number of unbranched alkanes of at least 4 members (excludes halogenated alkanes) is 4. The molecule has 0 aliphatic heterocycles. The van der Waals surface area contributed by atoms with Crippen LogP contribution in [-0.4, -0.2) is 11.8 Å². The van der Waals surface area contributed by atoms with Crippen molar-refractivity contribution in [2.45, 2.75) is 71.3 Å². The standard InChI is InChI=1S/C12H25NO/c1-3-5-7-8-10-12(14)11(13)9-6-4-2/h11H,3-10,13H2,1-2H3. The summed E-state index contributed by atoms with van der Waals surface area (Å²) in [6, 6.07) is -0.198. The van der Waals surface area contributed by atoms with E-state index in [9.17, 15) is 4.79 Å². The zero-order valence-electron chi connectivity index (χ0n) is 9.72. The van der Waals surface area contributed by atoms with Gasteiger partial charge in [0.25, 0.3) is 0 Å². The van der Waals surface area contributed by atoms with Crippen LogP contribution in [0, 0.1) is 0 Å². The van der Waals surface area contributed by atoms with Gasteiger partial charge in [0, 0.05) is 6.42 Å². The van der Waals surface area contributed by atoms with E-state index in [0.29, 0.717) is 6.42 Å². The van der Waals surface area contributed by atoms with Crippen molar-refractivity contribution < 1.29 is 4.79 Å². The van der Waals surface area contributed by atoms with E-state index in [2.05, 4.69) is 13.8 Å². The third-order valence-electron chi connectivity index (χ3n) is 2.56. The SMILES string of the molecule is CCCCCCC(=O)C(N)CCCC. The fraction of sp³-hybridized carbons (Fsp3) is 0.917. The Bertz CT molecular complexity index is 145. The molecule has 0 rings (SSSR count). The van der Waals surface area contributed by atoms with Crippen molar-refractivity contribution >= 4 is 5.78 Å². The first-order valence-corrected chi connectivity index (χ1v) is 6.00. The van der Waals surface area contributed by atoms with Gasteiger partial charge >= 0.3 is 0 Å². The molecule has 0 aromatic rings. The second-order valence-electron chi connectivity index (χ2n) is 4.03. The smallest absolute Gasteiger partial charge is 0.149 e. The molecular formula is C12H25NO. The molecule has 0 fully saturated rings. The second-order valence-corrected chi connectivity index (χ2v) is 4.03. The fourth-order valence-electron chi connectivity index (χ4n) is 1.50. The topological polar surface area (TPSA) is 43.1 Å². The van der Waals surface area contributed by atoms with E-state index >= 15 is 0 Å². The van der Waals surface area contributed by atoms with Gasteiger partial charge in [-0.2, -0.15) is 0 Å². The molecule has 1 atom stereocenters. The number of rotatable bonds is 9. The lowest BCUT2D eigenvalue weighted by Crippen LogP contribution is -2.30. The molecule has 0 aliphatic carbocycles. The molecule has 0 aliphatic rings. The number of hydrogen-bond acceptors (Lipinski definition) is 2. The van der Waals surface area contributed by atoms with Gasteiger partial charge in [-0.05, 0) is 12.8 Å². The lowest BCUT2D eigenvalue weighted by molar-refractivity contribution is -0.120. The summed E-state index contributed by atoms with van der Waals surface area (Å²) in [5, 5.41) is 0. The number of ketones is 1. The molecule has 0 saturated carbocycles. The van der Waals surface area contributed by atoms with Gasteiger partial charge in [0.05, 0.1) is 6.04 Å². The van der Waals surface area contributed by atoms with Crippen LogP contribution in [0.3, 0.4) is 0 Å². The Kier molecular flexibility index (Phi) is 8.95. The monoisotopic (exact) mass is 199 g/mol. The number of hydrogen-bond donors (Lipinski definition) is 1. The lowest BCUT2D eigenvalue weighted by Gasteiger charge is -2.09. The van der Waals surface area contributed by atoms with Crippen LogP contribution in [0.2, 0.25) is 0 Å². The van der Waals surface area contributed by atoms with Gasteiger partial charge in [0.2, 0.25) is 0 Å². The highest BCUT2D eigenvalue weighted by Crippen LogP contribution is 2.07. The summed E-state index contributed by atoms with van der Waals surface area (Å²) in [5.74, 6) is 0.259. The normalized spacial score (nSPS) is 12.8. The second kappa shape index (κ2) is 9.20. The van der Waals surface area contributed by atoms with E-state index < -0.39 is 0 Å². The summed E-state index contributed by atoms with van der Waals surface area (Å²) in [6.07, 6.45) is 8.38. The molecular weight excluding hydrogens is 174 g/mol. The molecule has 2 heteroatoms. The van der Waals surface area contributed by atoms with E-state index in [0.717, 1.165) is 25.7 Å². The van der Waals surface area contributed by atoms with Crippen molar-refractivity contribution in [3.63, 3.8) is 0 Å². The van der Waals surface area contributed by atoms with Crippen LogP contribution in [0.1, 0.15) is 65.2 Å². The Morgan fingerprint density at radius 2 is 1.71 bits per heavy atom. The van der Waals surface area contributed by atoms with Crippen LogP contribution in [0.4, 0.5) is 0 Å². The summed E-state index contributed by atoms with van der Waals surface area (Å²) >= 11 is 0. The highest BCUT2D eigenvalue weighted by molar-refractivity contribution is 5.83. The predicted octanol–water partition coefficient (Wildman–Crippen LogP) is 3.04. The van der Waals surface area contributed by atoms with Crippen molar-refractivity contribution in [1.29, 1.82) is 0 Å². The molecule has 14 heavy (non-hydrogen) atoms. The number of carbonyl (C=O) groups excluding carboxylic acids is 1. The quantitative estimate of drug-likeness (QED) is 0.580. The summed E-state index contributed by atoms with van der Waals surface area (Å²) in [7, 11) is 0. The first-order valence-electron chi connectivity index (χ1n) is 6.00. The van der Waals surface area contributed by atoms with E-state index in [1.807, 2.05) is 0 Å². The minimum atomic E-state index is -0.198. The molecule has 0 bridgehead atoms. The number of carbonyl (C=O) groups is 1. The van der Waals surface area contributed by atoms with Crippen LogP contribution < -0.4 is 5.73 Å². The third-order valence-corrected chi connectivity index (χ3v) is 2.56. The van der Waals surface area contributed by atoms with Crippen molar-refractivity contribution in [2.75, 3.05) is 0 Å². The maximum atomic E-state index is 11.5. The molecule has 0 spiro atoms. The van der Waals surface area contributed by atoms with Crippen molar-refractivity contribution in [1.82, 2.24) is 0 Å². The minimum Gasteiger partial charge on any atom is -0.322 e. The average Bonchev–Trinajstić information content (AvgIpc) is 2.20. The van der Waals surface area contributed by atoms with Gasteiger partial charge in [-0.25, -0.2) is 0 Å². The first kappa shape index (κ1) is 13.6. The zero-order valence-corrected chi connectivity index (χ0v) is 9.72. The largest absolute Gasteiger partial charge is 0.322 e. The Balaban J connectivity index is 3.42. The van der Waals surface area contributed by atoms with E-state index in [-0.39, 0.29) is 11.8 Å². The molecule has 1 unspecified atom stereocenters. The summed E-state index contributed by atoms with van der Waals surface area (Å²) in [5.41, 5.74) is 5.77. The molecule has 0 aromatic carbocycles. The number of nitrogens with two attached hydrogens (primary N) is 1. The van der Waals surface area contributed by atoms with Gasteiger partial charge in [-0.1, -0.05) is 46.0 Å². The van der Waals surface area contributed by atoms with E-state index in [1.165, 1.54) is 19.3 Å². The van der Waals surface area contributed by atoms with E-state index in [4.69, 9.17) is 5.73 Å². The summed E-state index contributed by atoms with van der Waals surface area (Å²) in [4.78, 5) is 11.5. The maximum Gasteiger partial charge on any atom is 0.149 e. The molecule has 2 N–H and O–H groups in total. The molecule has 2 nitrogen and oxygen atoms in total. The van der Waals surface area contributed by atoms with Crippen molar-refractivity contribution in [3.05, 3.63) is 0 Å². The third kappa shape index (κ3) is 7.07. The van der Waals surface area contributed by atoms with E-state index in [1.54, 1.807) is 0 Å². The first-order chi connectivity index (χ1) is 6.72. The Hall–Kier alpha value is -0.370. The average molecular weight is 199 g/mol. The predicted molar refractivity (Wildman–Crippen MR) is 61.3 cm³/mol. The molecule has 84 valence electrons. The van der Waals surface area contributed by atoms with Crippen molar-refractivity contribution in [3.8, 4) is 0 Å². The fourth-order valence-corrected chi connectivity index (χ4v) is 1.50.